The number of amides is 2. The van der Waals surface area contributed by atoms with E-state index in [-0.39, 0.29) is 12.6 Å². The van der Waals surface area contributed by atoms with E-state index in [1.54, 1.807) is 42.3 Å². The third-order valence-electron chi connectivity index (χ3n) is 6.18. The number of hydrogen-bond donors (Lipinski definition) is 1. The summed E-state index contributed by atoms with van der Waals surface area (Å²) in [5.41, 5.74) is 2.15. The molecule has 3 heterocycles. The molecule has 2 amide bonds. The molecular formula is C25H24F2N4O. The van der Waals surface area contributed by atoms with Crippen molar-refractivity contribution < 1.29 is 13.6 Å². The number of rotatable bonds is 3. The third kappa shape index (κ3) is 3.79. The minimum atomic E-state index is -1.34. The first-order chi connectivity index (χ1) is 15.4. The normalized spacial score (nSPS) is 19.8. The van der Waals surface area contributed by atoms with E-state index in [0.29, 0.717) is 48.7 Å². The lowest BCUT2D eigenvalue weighted by Gasteiger charge is -2.25. The van der Waals surface area contributed by atoms with E-state index >= 15 is 0 Å². The van der Waals surface area contributed by atoms with Gasteiger partial charge in [0.15, 0.2) is 5.82 Å². The van der Waals surface area contributed by atoms with Gasteiger partial charge in [0.25, 0.3) is 0 Å². The second-order valence-electron chi connectivity index (χ2n) is 8.68. The molecule has 2 aliphatic heterocycles. The monoisotopic (exact) mass is 434 g/mol. The number of carbonyl (C=O) groups excluding carboxylic acids is 1. The minimum absolute atomic E-state index is 0.165. The molecule has 1 aromatic heterocycles. The zero-order valence-corrected chi connectivity index (χ0v) is 17.8. The number of carbonyl (C=O) groups is 1. The van der Waals surface area contributed by atoms with Crippen molar-refractivity contribution in [2.45, 2.75) is 32.1 Å². The molecule has 5 nitrogen and oxygen atoms in total. The predicted octanol–water partition coefficient (Wildman–Crippen LogP) is 5.37. The van der Waals surface area contributed by atoms with Crippen molar-refractivity contribution in [1.29, 1.82) is 0 Å². The summed E-state index contributed by atoms with van der Waals surface area (Å²) in [4.78, 5) is 21.2. The molecule has 3 aromatic rings. The zero-order chi connectivity index (χ0) is 22.3. The van der Waals surface area contributed by atoms with Crippen molar-refractivity contribution in [2.75, 3.05) is 23.3 Å². The average Bonchev–Trinajstić information content (AvgIpc) is 3.37. The van der Waals surface area contributed by atoms with E-state index in [0.717, 1.165) is 11.1 Å². The molecule has 1 unspecified atom stereocenters. The molecule has 0 bridgehead atoms. The van der Waals surface area contributed by atoms with Gasteiger partial charge in [-0.1, -0.05) is 42.5 Å². The maximum atomic E-state index is 14.7. The Morgan fingerprint density at radius 1 is 1.03 bits per heavy atom. The van der Waals surface area contributed by atoms with Gasteiger partial charge in [-0.05, 0) is 30.2 Å². The number of fused-ring (bicyclic) bond motifs is 1. The van der Waals surface area contributed by atoms with Gasteiger partial charge >= 0.3 is 6.03 Å². The molecule has 0 spiro atoms. The number of anilines is 2. The quantitative estimate of drug-likeness (QED) is 0.603. The van der Waals surface area contributed by atoms with Crippen molar-refractivity contribution in [3.05, 3.63) is 77.7 Å². The Balaban J connectivity index is 1.52. The lowest BCUT2D eigenvalue weighted by atomic mass is 10.0. The number of hydrogen-bond acceptors (Lipinski definition) is 3. The molecule has 164 valence electrons. The van der Waals surface area contributed by atoms with Crippen LogP contribution in [0.3, 0.4) is 0 Å². The number of aromatic nitrogens is 1. The first-order valence-corrected chi connectivity index (χ1v) is 10.7. The van der Waals surface area contributed by atoms with Crippen LogP contribution in [-0.4, -0.2) is 34.7 Å². The Morgan fingerprint density at radius 3 is 2.38 bits per heavy atom. The molecular weight excluding hydrogens is 410 g/mol. The highest BCUT2D eigenvalue weighted by Crippen LogP contribution is 2.39. The number of urea groups is 1. The number of halogens is 2. The van der Waals surface area contributed by atoms with Gasteiger partial charge in [0.05, 0.1) is 12.2 Å². The highest BCUT2D eigenvalue weighted by Gasteiger charge is 2.36. The maximum absolute atomic E-state index is 14.7. The van der Waals surface area contributed by atoms with E-state index in [2.05, 4.69) is 10.3 Å². The van der Waals surface area contributed by atoms with Crippen LogP contribution >= 0.6 is 0 Å². The van der Waals surface area contributed by atoms with Crippen molar-refractivity contribution >= 4 is 17.5 Å². The SMILES string of the molecule is CC1(F)CCN(c2nccc(-c3ccccc3F)c2NC(=O)N2Cc3ccccc3C2)C1. The Hall–Kier alpha value is -3.48. The largest absolute Gasteiger partial charge is 0.352 e. The van der Waals surface area contributed by atoms with Crippen LogP contribution in [0.2, 0.25) is 0 Å². The summed E-state index contributed by atoms with van der Waals surface area (Å²) < 4.78 is 29.3. The van der Waals surface area contributed by atoms with Crippen LogP contribution < -0.4 is 10.2 Å². The van der Waals surface area contributed by atoms with E-state index in [4.69, 9.17) is 0 Å². The summed E-state index contributed by atoms with van der Waals surface area (Å²) in [7, 11) is 0. The van der Waals surface area contributed by atoms with Crippen LogP contribution in [0, 0.1) is 5.82 Å². The lowest BCUT2D eigenvalue weighted by molar-refractivity contribution is 0.212. The van der Waals surface area contributed by atoms with Crippen LogP contribution in [0.25, 0.3) is 11.1 Å². The first-order valence-electron chi connectivity index (χ1n) is 10.7. The summed E-state index contributed by atoms with van der Waals surface area (Å²) in [5.74, 6) is 0.0580. The van der Waals surface area contributed by atoms with Crippen molar-refractivity contribution in [3.8, 4) is 11.1 Å². The molecule has 7 heteroatoms. The molecule has 1 saturated heterocycles. The highest BCUT2D eigenvalue weighted by atomic mass is 19.1. The molecule has 0 radical (unpaired) electrons. The Bertz CT molecular complexity index is 1160. The Morgan fingerprint density at radius 2 is 1.72 bits per heavy atom. The summed E-state index contributed by atoms with van der Waals surface area (Å²) in [5, 5.41) is 2.98. The van der Waals surface area contributed by atoms with Gasteiger partial charge in [0.2, 0.25) is 0 Å². The first kappa shape index (κ1) is 20.4. The number of benzene rings is 2. The molecule has 1 fully saturated rings. The smallest absolute Gasteiger partial charge is 0.322 e. The fraction of sp³-hybridized carbons (Fsp3) is 0.280. The second kappa shape index (κ2) is 7.89. The van der Waals surface area contributed by atoms with E-state index in [1.807, 2.05) is 29.2 Å². The van der Waals surface area contributed by atoms with Crippen molar-refractivity contribution in [1.82, 2.24) is 9.88 Å². The summed E-state index contributed by atoms with van der Waals surface area (Å²) in [6.07, 6.45) is 1.94. The van der Waals surface area contributed by atoms with Crippen LogP contribution in [0.5, 0.6) is 0 Å². The van der Waals surface area contributed by atoms with Gasteiger partial charge in [0.1, 0.15) is 11.5 Å². The molecule has 1 atom stereocenters. The van der Waals surface area contributed by atoms with Gasteiger partial charge in [-0.3, -0.25) is 0 Å². The van der Waals surface area contributed by atoms with Gasteiger partial charge in [-0.2, -0.15) is 0 Å². The minimum Gasteiger partial charge on any atom is -0.352 e. The van der Waals surface area contributed by atoms with E-state index < -0.39 is 11.5 Å². The number of pyridine rings is 1. The molecule has 32 heavy (non-hydrogen) atoms. The molecule has 0 aliphatic carbocycles. The number of nitrogens with zero attached hydrogens (tertiary/aromatic N) is 3. The third-order valence-corrected chi connectivity index (χ3v) is 6.18. The topological polar surface area (TPSA) is 48.5 Å². The summed E-state index contributed by atoms with van der Waals surface area (Å²) in [6.45, 7) is 3.20. The maximum Gasteiger partial charge on any atom is 0.322 e. The average molecular weight is 434 g/mol. The zero-order valence-electron chi connectivity index (χ0n) is 17.8. The molecule has 1 N–H and O–H groups in total. The fourth-order valence-corrected chi connectivity index (χ4v) is 4.49. The highest BCUT2D eigenvalue weighted by molar-refractivity contribution is 5.99. The fourth-order valence-electron chi connectivity index (χ4n) is 4.49. The summed E-state index contributed by atoms with van der Waals surface area (Å²) >= 11 is 0. The molecule has 2 aromatic carbocycles. The molecule has 0 saturated carbocycles. The molecule has 2 aliphatic rings. The van der Waals surface area contributed by atoms with E-state index in [1.165, 1.54) is 6.07 Å². The van der Waals surface area contributed by atoms with Crippen LogP contribution in [0.15, 0.2) is 60.8 Å². The number of nitrogens with one attached hydrogen (secondary N) is 1. The summed E-state index contributed by atoms with van der Waals surface area (Å²) in [6, 6.07) is 15.7. The van der Waals surface area contributed by atoms with E-state index in [9.17, 15) is 13.6 Å². The van der Waals surface area contributed by atoms with Crippen molar-refractivity contribution in [2.24, 2.45) is 0 Å². The van der Waals surface area contributed by atoms with Gasteiger partial charge in [-0.25, -0.2) is 18.6 Å². The van der Waals surface area contributed by atoms with Gasteiger partial charge in [-0.15, -0.1) is 0 Å². The lowest BCUT2D eigenvalue weighted by Crippen LogP contribution is -2.32. The molecule has 5 rings (SSSR count). The van der Waals surface area contributed by atoms with Gasteiger partial charge < -0.3 is 15.1 Å². The van der Waals surface area contributed by atoms with Crippen LogP contribution in [0.1, 0.15) is 24.5 Å². The van der Waals surface area contributed by atoms with Crippen LogP contribution in [-0.2, 0) is 13.1 Å². The second-order valence-corrected chi connectivity index (χ2v) is 8.68. The Labute approximate surface area is 185 Å². The standard InChI is InChI=1S/C25H24F2N4O/c1-25(27)11-13-30(16-25)23-22(20(10-12-28-23)19-8-4-5-9-21(19)26)29-24(32)31-14-17-6-2-3-7-18(17)15-31/h2-10,12H,11,13-16H2,1H3,(H,29,32). The van der Waals surface area contributed by atoms with Crippen molar-refractivity contribution in [3.63, 3.8) is 0 Å². The Kier molecular flexibility index (Phi) is 5.04. The van der Waals surface area contributed by atoms with Crippen LogP contribution in [0.4, 0.5) is 25.1 Å². The van der Waals surface area contributed by atoms with Gasteiger partial charge in [0, 0.05) is 43.4 Å². The number of alkyl halides is 1. The predicted molar refractivity (Wildman–Crippen MR) is 121 cm³/mol.